The van der Waals surface area contributed by atoms with E-state index >= 15 is 0 Å². The molecule has 2 atom stereocenters. The quantitative estimate of drug-likeness (QED) is 0.786. The summed E-state index contributed by atoms with van der Waals surface area (Å²) in [6.45, 7) is 10.2. The average Bonchev–Trinajstić information content (AvgIpc) is 2.76. The Labute approximate surface area is 99.5 Å². The summed E-state index contributed by atoms with van der Waals surface area (Å²) in [5, 5.41) is 3.67. The molecule has 0 saturated carbocycles. The van der Waals surface area contributed by atoms with Crippen LogP contribution in [0.3, 0.4) is 0 Å². The predicted molar refractivity (Wildman–Crippen MR) is 66.7 cm³/mol. The van der Waals surface area contributed by atoms with Gasteiger partial charge in [0.05, 0.1) is 6.61 Å². The lowest BCUT2D eigenvalue weighted by Gasteiger charge is -2.25. The molecule has 2 heterocycles. The third-order valence-corrected chi connectivity index (χ3v) is 3.90. The molecule has 2 rings (SSSR count). The molecule has 16 heavy (non-hydrogen) atoms. The molecule has 0 aromatic rings. The van der Waals surface area contributed by atoms with Gasteiger partial charge in [0.25, 0.3) is 0 Å². The van der Waals surface area contributed by atoms with E-state index in [9.17, 15) is 0 Å². The van der Waals surface area contributed by atoms with Gasteiger partial charge in [-0.1, -0.05) is 0 Å². The monoisotopic (exact) mass is 226 g/mol. The third kappa shape index (κ3) is 3.44. The smallest absolute Gasteiger partial charge is 0.0619 e. The largest absolute Gasteiger partial charge is 0.380 e. The topological polar surface area (TPSA) is 24.5 Å². The van der Waals surface area contributed by atoms with Crippen LogP contribution < -0.4 is 5.32 Å². The first-order valence-electron chi connectivity index (χ1n) is 6.81. The highest BCUT2D eigenvalue weighted by molar-refractivity contribution is 4.81. The van der Waals surface area contributed by atoms with Crippen LogP contribution in [0.5, 0.6) is 0 Å². The Bertz CT molecular complexity index is 202. The van der Waals surface area contributed by atoms with Crippen molar-refractivity contribution >= 4 is 0 Å². The van der Waals surface area contributed by atoms with Crippen LogP contribution in [0.1, 0.15) is 33.1 Å². The molecule has 2 aliphatic rings. The summed E-state index contributed by atoms with van der Waals surface area (Å²) in [5.74, 6) is 0.851. The summed E-state index contributed by atoms with van der Waals surface area (Å²) in [7, 11) is 0. The molecule has 0 radical (unpaired) electrons. The molecular formula is C13H26N2O. The van der Waals surface area contributed by atoms with Gasteiger partial charge in [-0.2, -0.15) is 0 Å². The van der Waals surface area contributed by atoms with Crippen molar-refractivity contribution in [3.8, 4) is 0 Å². The van der Waals surface area contributed by atoms with Crippen LogP contribution >= 0.6 is 0 Å². The second kappa shape index (κ2) is 5.99. The average molecular weight is 226 g/mol. The maximum atomic E-state index is 5.48. The van der Waals surface area contributed by atoms with Crippen LogP contribution in [0.2, 0.25) is 0 Å². The van der Waals surface area contributed by atoms with Crippen LogP contribution in [-0.2, 0) is 4.74 Å². The molecule has 0 spiro atoms. The normalized spacial score (nSPS) is 32.4. The number of nitrogens with zero attached hydrogens (tertiary/aromatic N) is 1. The van der Waals surface area contributed by atoms with Gasteiger partial charge in [0.1, 0.15) is 0 Å². The Morgan fingerprint density at radius 1 is 1.38 bits per heavy atom. The SMILES string of the molecule is CC(C)N1CCC(CNC2CCCOC2)C1. The van der Waals surface area contributed by atoms with Gasteiger partial charge in [0, 0.05) is 25.2 Å². The molecular weight excluding hydrogens is 200 g/mol. The Morgan fingerprint density at radius 2 is 2.25 bits per heavy atom. The number of hydrogen-bond donors (Lipinski definition) is 1. The van der Waals surface area contributed by atoms with E-state index in [1.54, 1.807) is 0 Å². The van der Waals surface area contributed by atoms with E-state index in [0.29, 0.717) is 12.1 Å². The van der Waals surface area contributed by atoms with Crippen LogP contribution in [0.25, 0.3) is 0 Å². The van der Waals surface area contributed by atoms with Crippen LogP contribution in [-0.4, -0.2) is 49.8 Å². The fourth-order valence-electron chi connectivity index (χ4n) is 2.73. The van der Waals surface area contributed by atoms with Crippen molar-refractivity contribution in [3.63, 3.8) is 0 Å². The van der Waals surface area contributed by atoms with Gasteiger partial charge in [-0.05, 0) is 52.1 Å². The van der Waals surface area contributed by atoms with Gasteiger partial charge in [-0.15, -0.1) is 0 Å². The first-order chi connectivity index (χ1) is 7.75. The zero-order chi connectivity index (χ0) is 11.4. The zero-order valence-electron chi connectivity index (χ0n) is 10.7. The van der Waals surface area contributed by atoms with E-state index in [2.05, 4.69) is 24.1 Å². The summed E-state index contributed by atoms with van der Waals surface area (Å²) < 4.78 is 5.48. The predicted octanol–water partition coefficient (Wildman–Crippen LogP) is 1.49. The Balaban J connectivity index is 1.63. The van der Waals surface area contributed by atoms with Gasteiger partial charge < -0.3 is 15.0 Å². The van der Waals surface area contributed by atoms with E-state index in [1.807, 2.05) is 0 Å². The summed E-state index contributed by atoms with van der Waals surface area (Å²) in [6.07, 6.45) is 3.87. The lowest BCUT2D eigenvalue weighted by Crippen LogP contribution is -2.40. The molecule has 3 heteroatoms. The van der Waals surface area contributed by atoms with Gasteiger partial charge in [-0.25, -0.2) is 0 Å². The molecule has 1 N–H and O–H groups in total. The minimum atomic E-state index is 0.613. The summed E-state index contributed by atoms with van der Waals surface area (Å²) in [4.78, 5) is 2.59. The van der Waals surface area contributed by atoms with E-state index in [1.165, 1.54) is 38.9 Å². The molecule has 0 amide bonds. The highest BCUT2D eigenvalue weighted by atomic mass is 16.5. The standard InChI is InChI=1S/C13H26N2O/c1-11(2)15-6-5-12(9-15)8-14-13-4-3-7-16-10-13/h11-14H,3-10H2,1-2H3. The second-order valence-corrected chi connectivity index (χ2v) is 5.57. The molecule has 2 aliphatic heterocycles. The third-order valence-electron chi connectivity index (χ3n) is 3.90. The molecule has 2 fully saturated rings. The Kier molecular flexibility index (Phi) is 4.62. The van der Waals surface area contributed by atoms with Gasteiger partial charge >= 0.3 is 0 Å². The van der Waals surface area contributed by atoms with Gasteiger partial charge in [-0.3, -0.25) is 0 Å². The molecule has 0 bridgehead atoms. The lowest BCUT2D eigenvalue weighted by atomic mass is 10.1. The van der Waals surface area contributed by atoms with Crippen molar-refractivity contribution in [2.75, 3.05) is 32.8 Å². The summed E-state index contributed by atoms with van der Waals surface area (Å²) in [5.41, 5.74) is 0. The minimum Gasteiger partial charge on any atom is -0.380 e. The summed E-state index contributed by atoms with van der Waals surface area (Å²) in [6, 6.07) is 1.32. The van der Waals surface area contributed by atoms with Crippen molar-refractivity contribution in [2.24, 2.45) is 5.92 Å². The van der Waals surface area contributed by atoms with Gasteiger partial charge in [0.2, 0.25) is 0 Å². The van der Waals surface area contributed by atoms with Crippen LogP contribution in [0, 0.1) is 5.92 Å². The highest BCUT2D eigenvalue weighted by Crippen LogP contribution is 2.18. The van der Waals surface area contributed by atoms with Crippen molar-refractivity contribution in [1.29, 1.82) is 0 Å². The fraction of sp³-hybridized carbons (Fsp3) is 1.00. The fourth-order valence-corrected chi connectivity index (χ4v) is 2.73. The number of nitrogens with one attached hydrogen (secondary N) is 1. The molecule has 0 aliphatic carbocycles. The zero-order valence-corrected chi connectivity index (χ0v) is 10.7. The summed E-state index contributed by atoms with van der Waals surface area (Å²) >= 11 is 0. The molecule has 0 aromatic heterocycles. The molecule has 3 nitrogen and oxygen atoms in total. The number of likely N-dealkylation sites (tertiary alicyclic amines) is 1. The number of hydrogen-bond acceptors (Lipinski definition) is 3. The van der Waals surface area contributed by atoms with E-state index in [0.717, 1.165) is 19.1 Å². The van der Waals surface area contributed by atoms with Crippen molar-refractivity contribution < 1.29 is 4.74 Å². The minimum absolute atomic E-state index is 0.613. The molecule has 2 unspecified atom stereocenters. The van der Waals surface area contributed by atoms with E-state index in [4.69, 9.17) is 4.74 Å². The number of rotatable bonds is 4. The lowest BCUT2D eigenvalue weighted by molar-refractivity contribution is 0.0691. The van der Waals surface area contributed by atoms with Crippen molar-refractivity contribution in [1.82, 2.24) is 10.2 Å². The van der Waals surface area contributed by atoms with Crippen molar-refractivity contribution in [3.05, 3.63) is 0 Å². The molecule has 2 saturated heterocycles. The molecule has 0 aromatic carbocycles. The molecule has 94 valence electrons. The van der Waals surface area contributed by atoms with Crippen LogP contribution in [0.4, 0.5) is 0 Å². The van der Waals surface area contributed by atoms with Gasteiger partial charge in [0.15, 0.2) is 0 Å². The maximum Gasteiger partial charge on any atom is 0.0619 e. The number of ether oxygens (including phenoxy) is 1. The van der Waals surface area contributed by atoms with E-state index < -0.39 is 0 Å². The highest BCUT2D eigenvalue weighted by Gasteiger charge is 2.24. The Hall–Kier alpha value is -0.120. The first-order valence-corrected chi connectivity index (χ1v) is 6.81. The first kappa shape index (κ1) is 12.3. The van der Waals surface area contributed by atoms with Crippen LogP contribution in [0.15, 0.2) is 0 Å². The maximum absolute atomic E-state index is 5.48. The van der Waals surface area contributed by atoms with E-state index in [-0.39, 0.29) is 0 Å². The Morgan fingerprint density at radius 3 is 2.88 bits per heavy atom. The second-order valence-electron chi connectivity index (χ2n) is 5.57. The van der Waals surface area contributed by atoms with Crippen molar-refractivity contribution in [2.45, 2.75) is 45.2 Å².